The Morgan fingerprint density at radius 3 is 2.58 bits per heavy atom. The number of nitrogens with one attached hydrogen (secondary N) is 1. The lowest BCUT2D eigenvalue weighted by Gasteiger charge is -2.26. The summed E-state index contributed by atoms with van der Waals surface area (Å²) in [4.78, 5) is 12.5. The minimum absolute atomic E-state index is 0.338. The van der Waals surface area contributed by atoms with Gasteiger partial charge in [-0.3, -0.25) is 5.10 Å². The van der Waals surface area contributed by atoms with Crippen molar-refractivity contribution >= 4 is 18.3 Å². The third kappa shape index (κ3) is 5.37. The van der Waals surface area contributed by atoms with E-state index in [2.05, 4.69) is 10.2 Å². The minimum Gasteiger partial charge on any atom is -0.465 e. The molecule has 1 aromatic heterocycles. The van der Waals surface area contributed by atoms with E-state index in [-0.39, 0.29) is 0 Å². The molecule has 1 aliphatic heterocycles. The van der Waals surface area contributed by atoms with Crippen molar-refractivity contribution in [1.29, 1.82) is 0 Å². The molecule has 7 heteroatoms. The van der Waals surface area contributed by atoms with E-state index in [1.54, 1.807) is 0 Å². The summed E-state index contributed by atoms with van der Waals surface area (Å²) in [6.07, 6.45) is 0.372. The average Bonchev–Trinajstić information content (AvgIpc) is 2.66. The topological polar surface area (TPSA) is 78.5 Å². The molecule has 0 saturated carbocycles. The molecule has 0 radical (unpaired) electrons. The van der Waals surface area contributed by atoms with Crippen LogP contribution in [0.25, 0.3) is 0 Å². The van der Waals surface area contributed by atoms with Gasteiger partial charge in [-0.05, 0) is 19.4 Å². The summed E-state index contributed by atoms with van der Waals surface area (Å²) in [6, 6.07) is 9.98. The number of ether oxygens (including phenoxy) is 1. The number of nitrogens with zero attached hydrogens (tertiary/aromatic N) is 2. The summed E-state index contributed by atoms with van der Waals surface area (Å²) in [6.45, 7) is 6.48. The number of aromatic nitrogens is 2. The van der Waals surface area contributed by atoms with Crippen LogP contribution >= 0.6 is 12.2 Å². The molecule has 26 heavy (non-hydrogen) atoms. The van der Waals surface area contributed by atoms with Gasteiger partial charge in [0, 0.05) is 43.9 Å². The van der Waals surface area contributed by atoms with Crippen LogP contribution in [0.4, 0.5) is 4.79 Å². The van der Waals surface area contributed by atoms with Crippen molar-refractivity contribution in [3.63, 3.8) is 0 Å². The molecule has 0 spiro atoms. The van der Waals surface area contributed by atoms with Crippen LogP contribution < -0.4 is 0 Å². The van der Waals surface area contributed by atoms with Gasteiger partial charge in [-0.25, -0.2) is 4.79 Å². The highest BCUT2D eigenvalue weighted by molar-refractivity contribution is 7.71. The van der Waals surface area contributed by atoms with Crippen LogP contribution in [0.15, 0.2) is 30.3 Å². The molecule has 0 bridgehead atoms. The molecule has 140 valence electrons. The van der Waals surface area contributed by atoms with Crippen LogP contribution in [-0.4, -0.2) is 46.1 Å². The molecule has 1 aliphatic rings. The van der Waals surface area contributed by atoms with Crippen LogP contribution in [0.2, 0.25) is 0 Å². The SMILES string of the molecule is CCOCC.O=C(O)N1CCc2[nH]nc(Cc3ccccc3)c(=S)c2C1. The number of rotatable bonds is 4. The van der Waals surface area contributed by atoms with E-state index >= 15 is 0 Å². The summed E-state index contributed by atoms with van der Waals surface area (Å²) in [5.41, 5.74) is 3.77. The first-order valence-electron chi connectivity index (χ1n) is 8.75. The van der Waals surface area contributed by atoms with E-state index < -0.39 is 6.09 Å². The smallest absolute Gasteiger partial charge is 0.407 e. The number of carboxylic acid groups (broad SMARTS) is 1. The Morgan fingerprint density at radius 1 is 1.31 bits per heavy atom. The zero-order valence-electron chi connectivity index (χ0n) is 15.2. The van der Waals surface area contributed by atoms with Gasteiger partial charge in [-0.15, -0.1) is 0 Å². The fourth-order valence-corrected chi connectivity index (χ4v) is 3.04. The summed E-state index contributed by atoms with van der Waals surface area (Å²) in [5, 5.41) is 16.5. The number of H-pyrrole nitrogens is 1. The average molecular weight is 375 g/mol. The van der Waals surface area contributed by atoms with Gasteiger partial charge in [-0.2, -0.15) is 5.10 Å². The van der Waals surface area contributed by atoms with Gasteiger partial charge in [0.15, 0.2) is 0 Å². The maximum absolute atomic E-state index is 11.1. The van der Waals surface area contributed by atoms with Crippen LogP contribution in [0.5, 0.6) is 0 Å². The van der Waals surface area contributed by atoms with E-state index in [1.807, 2.05) is 44.2 Å². The van der Waals surface area contributed by atoms with Gasteiger partial charge in [0.1, 0.15) is 0 Å². The monoisotopic (exact) mass is 375 g/mol. The Balaban J connectivity index is 0.000000431. The highest BCUT2D eigenvalue weighted by atomic mass is 32.1. The standard InChI is InChI=1S/C15H15N3O2S.C4H10O/c19-15(20)18-7-6-12-11(9-18)14(21)13(17-16-12)8-10-4-2-1-3-5-10;1-3-5-4-2/h1-5H,6-9H2,(H,16,21)(H,19,20);3-4H2,1-2H3. The maximum atomic E-state index is 11.1. The minimum atomic E-state index is -0.906. The predicted octanol–water partition coefficient (Wildman–Crippen LogP) is 3.81. The molecule has 0 fully saturated rings. The number of benzene rings is 1. The second-order valence-electron chi connectivity index (χ2n) is 5.85. The van der Waals surface area contributed by atoms with Crippen LogP contribution in [-0.2, 0) is 24.1 Å². The molecule has 2 heterocycles. The van der Waals surface area contributed by atoms with E-state index in [4.69, 9.17) is 22.1 Å². The summed E-state index contributed by atoms with van der Waals surface area (Å²) < 4.78 is 5.51. The molecule has 3 rings (SSSR count). The maximum Gasteiger partial charge on any atom is 0.407 e. The summed E-state index contributed by atoms with van der Waals surface area (Å²) >= 11 is 5.52. The van der Waals surface area contributed by atoms with Crippen molar-refractivity contribution in [3.05, 3.63) is 57.4 Å². The Labute approximate surface area is 158 Å². The van der Waals surface area contributed by atoms with Gasteiger partial charge < -0.3 is 14.7 Å². The molecule has 2 aromatic rings. The van der Waals surface area contributed by atoms with Crippen molar-refractivity contribution in [2.45, 2.75) is 33.2 Å². The number of hydrogen-bond donors (Lipinski definition) is 2. The fraction of sp³-hybridized carbons (Fsp3) is 0.421. The highest BCUT2D eigenvalue weighted by Crippen LogP contribution is 2.20. The van der Waals surface area contributed by atoms with E-state index in [1.165, 1.54) is 4.90 Å². The Bertz CT molecular complexity index is 775. The molecule has 0 unspecified atom stereocenters. The van der Waals surface area contributed by atoms with Crippen molar-refractivity contribution in [2.75, 3.05) is 19.8 Å². The number of aromatic amines is 1. The van der Waals surface area contributed by atoms with Gasteiger partial charge in [0.25, 0.3) is 0 Å². The number of amides is 1. The van der Waals surface area contributed by atoms with Gasteiger partial charge in [0.2, 0.25) is 0 Å². The third-order valence-electron chi connectivity index (χ3n) is 4.10. The fourth-order valence-electron chi connectivity index (χ4n) is 2.73. The lowest BCUT2D eigenvalue weighted by atomic mass is 10.0. The van der Waals surface area contributed by atoms with Crippen LogP contribution in [0, 0.1) is 4.51 Å². The zero-order chi connectivity index (χ0) is 18.9. The molecular weight excluding hydrogens is 350 g/mol. The number of hydrogen-bond acceptors (Lipinski definition) is 4. The number of fused-ring (bicyclic) bond motifs is 1. The Kier molecular flexibility index (Phi) is 7.74. The Morgan fingerprint density at radius 2 is 2.00 bits per heavy atom. The van der Waals surface area contributed by atoms with Crippen molar-refractivity contribution < 1.29 is 14.6 Å². The lowest BCUT2D eigenvalue weighted by Crippen LogP contribution is -2.35. The van der Waals surface area contributed by atoms with Crippen LogP contribution in [0.3, 0.4) is 0 Å². The highest BCUT2D eigenvalue weighted by Gasteiger charge is 2.22. The molecular formula is C19H25N3O3S. The number of carbonyl (C=O) groups is 1. The largest absolute Gasteiger partial charge is 0.465 e. The summed E-state index contributed by atoms with van der Waals surface area (Å²) in [5.74, 6) is 0. The second-order valence-corrected chi connectivity index (χ2v) is 6.26. The lowest BCUT2D eigenvalue weighted by molar-refractivity contribution is 0.139. The quantitative estimate of drug-likeness (QED) is 0.795. The van der Waals surface area contributed by atoms with Crippen molar-refractivity contribution in [2.24, 2.45) is 0 Å². The first kappa shape index (κ1) is 20.1. The van der Waals surface area contributed by atoms with Gasteiger partial charge in [0.05, 0.1) is 16.7 Å². The van der Waals surface area contributed by atoms with Gasteiger partial charge in [-0.1, -0.05) is 42.5 Å². The first-order chi connectivity index (χ1) is 12.6. The van der Waals surface area contributed by atoms with Crippen LogP contribution in [0.1, 0.15) is 36.4 Å². The first-order valence-corrected chi connectivity index (χ1v) is 9.16. The molecule has 0 atom stereocenters. The van der Waals surface area contributed by atoms with Crippen molar-refractivity contribution in [1.82, 2.24) is 15.1 Å². The Hall–Kier alpha value is -2.25. The van der Waals surface area contributed by atoms with Gasteiger partial charge >= 0.3 is 6.09 Å². The molecule has 0 saturated heterocycles. The molecule has 0 aliphatic carbocycles. The molecule has 1 amide bonds. The molecule has 6 nitrogen and oxygen atoms in total. The molecule has 1 aromatic carbocycles. The van der Waals surface area contributed by atoms with E-state index in [9.17, 15) is 4.79 Å². The normalized spacial score (nSPS) is 12.8. The zero-order valence-corrected chi connectivity index (χ0v) is 16.0. The van der Waals surface area contributed by atoms with E-state index in [0.717, 1.165) is 35.7 Å². The molecule has 2 N–H and O–H groups in total. The third-order valence-corrected chi connectivity index (χ3v) is 4.58. The van der Waals surface area contributed by atoms with Crippen molar-refractivity contribution in [3.8, 4) is 0 Å². The second kappa shape index (κ2) is 10.0. The predicted molar refractivity (Wildman–Crippen MR) is 103 cm³/mol. The summed E-state index contributed by atoms with van der Waals surface area (Å²) in [7, 11) is 0. The van der Waals surface area contributed by atoms with E-state index in [0.29, 0.717) is 30.4 Å².